The van der Waals surface area contributed by atoms with Crippen LogP contribution >= 0.6 is 0 Å². The number of guanidine groups is 1. The minimum absolute atomic E-state index is 0.0190. The smallest absolute Gasteiger partial charge is 0.233 e. The van der Waals surface area contributed by atoms with E-state index in [4.69, 9.17) is 0 Å². The molecule has 1 saturated carbocycles. The molecule has 4 atom stereocenters. The second-order valence-electron chi connectivity index (χ2n) is 8.88. The number of aryl methyl sites for hydroxylation is 2. The average molecular weight is 425 g/mol. The van der Waals surface area contributed by atoms with E-state index in [2.05, 4.69) is 27.8 Å². The van der Waals surface area contributed by atoms with Crippen LogP contribution in [0.1, 0.15) is 36.5 Å². The quantitative estimate of drug-likeness (QED) is 0.205. The number of carbonyl (C=O) groups is 2. The number of rotatable bonds is 7. The lowest BCUT2D eigenvalue weighted by Crippen LogP contribution is -2.40. The third kappa shape index (κ3) is 4.05. The van der Waals surface area contributed by atoms with Crippen LogP contribution in [0.25, 0.3) is 0 Å². The highest BCUT2D eigenvalue weighted by Crippen LogP contribution is 2.52. The Kier molecular flexibility index (Phi) is 6.03. The molecule has 3 aliphatic rings. The number of phenols is 1. The van der Waals surface area contributed by atoms with Crippen LogP contribution in [0.3, 0.4) is 0 Å². The molecule has 0 spiro atoms. The maximum Gasteiger partial charge on any atom is 0.233 e. The summed E-state index contributed by atoms with van der Waals surface area (Å²) in [4.78, 5) is 31.6. The van der Waals surface area contributed by atoms with Gasteiger partial charge in [-0.15, -0.1) is 0 Å². The lowest BCUT2D eigenvalue weighted by molar-refractivity contribution is -0.140. The van der Waals surface area contributed by atoms with Crippen molar-refractivity contribution in [3.8, 4) is 5.75 Å². The molecule has 7 heteroatoms. The van der Waals surface area contributed by atoms with Crippen molar-refractivity contribution in [2.24, 2.45) is 28.7 Å². The number of likely N-dealkylation sites (tertiary alicyclic amines) is 1. The molecule has 2 amide bonds. The highest BCUT2D eigenvalue weighted by molar-refractivity contribution is 6.06. The molecule has 2 bridgehead atoms. The number of nitrogens with zero attached hydrogens (tertiary/aromatic N) is 2. The monoisotopic (exact) mass is 424 g/mol. The number of phenolic OH excluding ortho intramolecular Hbond substituents is 1. The fourth-order valence-corrected chi connectivity index (χ4v) is 5.28. The predicted molar refractivity (Wildman–Crippen MR) is 119 cm³/mol. The van der Waals surface area contributed by atoms with Gasteiger partial charge in [-0.1, -0.05) is 24.3 Å². The lowest BCUT2D eigenvalue weighted by Gasteiger charge is -2.18. The molecule has 31 heavy (non-hydrogen) atoms. The van der Waals surface area contributed by atoms with E-state index in [0.717, 1.165) is 29.7 Å². The van der Waals surface area contributed by atoms with Crippen molar-refractivity contribution in [3.63, 3.8) is 0 Å². The van der Waals surface area contributed by atoms with Crippen molar-refractivity contribution in [3.05, 3.63) is 41.0 Å². The number of benzene rings is 1. The van der Waals surface area contributed by atoms with Gasteiger partial charge in [0, 0.05) is 19.6 Å². The number of aliphatic imine (C=N–C) groups is 1. The van der Waals surface area contributed by atoms with Gasteiger partial charge in [-0.3, -0.25) is 14.5 Å². The Bertz CT molecular complexity index is 886. The summed E-state index contributed by atoms with van der Waals surface area (Å²) in [6.45, 7) is 8.09. The van der Waals surface area contributed by atoms with Crippen molar-refractivity contribution in [1.82, 2.24) is 15.5 Å². The summed E-state index contributed by atoms with van der Waals surface area (Å²) in [6, 6.07) is 3.89. The van der Waals surface area contributed by atoms with Crippen molar-refractivity contribution in [1.29, 1.82) is 0 Å². The minimum atomic E-state index is -0.119. The number of hydrogen-bond acceptors (Lipinski definition) is 4. The summed E-state index contributed by atoms with van der Waals surface area (Å²) in [5, 5.41) is 16.5. The van der Waals surface area contributed by atoms with Gasteiger partial charge in [0.25, 0.3) is 0 Å². The molecule has 0 radical (unpaired) electrons. The Labute approximate surface area is 183 Å². The average Bonchev–Trinajstić information content (AvgIpc) is 3.42. The lowest BCUT2D eigenvalue weighted by atomic mass is 9.85. The van der Waals surface area contributed by atoms with Crippen LogP contribution in [0.15, 0.2) is 29.3 Å². The second-order valence-corrected chi connectivity index (χ2v) is 8.88. The van der Waals surface area contributed by atoms with Crippen LogP contribution in [0.4, 0.5) is 0 Å². The van der Waals surface area contributed by atoms with Crippen LogP contribution in [0.2, 0.25) is 0 Å². The van der Waals surface area contributed by atoms with Crippen LogP contribution in [0.5, 0.6) is 5.75 Å². The summed E-state index contributed by atoms with van der Waals surface area (Å²) in [5.74, 6) is 1.35. The predicted octanol–water partition coefficient (Wildman–Crippen LogP) is 2.26. The highest BCUT2D eigenvalue weighted by atomic mass is 16.3. The van der Waals surface area contributed by atoms with Crippen molar-refractivity contribution in [2.45, 2.75) is 40.2 Å². The van der Waals surface area contributed by atoms with Crippen LogP contribution in [-0.4, -0.2) is 47.4 Å². The van der Waals surface area contributed by atoms with Gasteiger partial charge >= 0.3 is 0 Å². The topological polar surface area (TPSA) is 94.0 Å². The molecule has 1 aliphatic heterocycles. The number of aromatic hydroxyl groups is 1. The third-order valence-electron chi connectivity index (χ3n) is 6.73. The van der Waals surface area contributed by atoms with Crippen molar-refractivity contribution < 1.29 is 14.7 Å². The molecule has 2 aliphatic carbocycles. The Hall–Kier alpha value is -2.83. The van der Waals surface area contributed by atoms with Crippen molar-refractivity contribution in [2.75, 3.05) is 19.6 Å². The van der Waals surface area contributed by atoms with Gasteiger partial charge in [0.05, 0.1) is 18.4 Å². The van der Waals surface area contributed by atoms with E-state index >= 15 is 0 Å². The molecular weight excluding hydrogens is 392 g/mol. The zero-order chi connectivity index (χ0) is 22.1. The molecule has 4 unspecified atom stereocenters. The van der Waals surface area contributed by atoms with Gasteiger partial charge in [0.1, 0.15) is 5.75 Å². The zero-order valence-corrected chi connectivity index (χ0v) is 18.5. The number of fused-ring (bicyclic) bond motifs is 5. The van der Waals surface area contributed by atoms with Crippen LogP contribution in [0, 0.1) is 37.5 Å². The highest BCUT2D eigenvalue weighted by Gasteiger charge is 2.58. The molecule has 4 rings (SSSR count). The van der Waals surface area contributed by atoms with Crippen molar-refractivity contribution >= 4 is 17.8 Å². The van der Waals surface area contributed by atoms with E-state index in [1.54, 1.807) is 0 Å². The SMILES string of the molecule is CCNC(=NCc1cc(C)c(O)c(C)c1)NCCCN1C(=O)C2C3C=CC(C3)C2C1=O. The summed E-state index contributed by atoms with van der Waals surface area (Å²) < 4.78 is 0. The zero-order valence-electron chi connectivity index (χ0n) is 18.5. The second kappa shape index (κ2) is 8.73. The third-order valence-corrected chi connectivity index (χ3v) is 6.73. The van der Waals surface area contributed by atoms with E-state index in [1.807, 2.05) is 32.9 Å². The van der Waals surface area contributed by atoms with E-state index < -0.39 is 0 Å². The number of nitrogens with one attached hydrogen (secondary N) is 2. The van der Waals surface area contributed by atoms with Gasteiger partial charge in [-0.2, -0.15) is 0 Å². The maximum atomic E-state index is 12.8. The first kappa shape index (κ1) is 21.4. The maximum absolute atomic E-state index is 12.8. The summed E-state index contributed by atoms with van der Waals surface area (Å²) >= 11 is 0. The molecule has 1 heterocycles. The summed E-state index contributed by atoms with van der Waals surface area (Å²) in [5.41, 5.74) is 2.72. The molecular formula is C24H32N4O3. The first-order valence-corrected chi connectivity index (χ1v) is 11.3. The molecule has 7 nitrogen and oxygen atoms in total. The molecule has 1 aromatic rings. The molecule has 2 fully saturated rings. The van der Waals surface area contributed by atoms with Gasteiger partial charge in [0.15, 0.2) is 5.96 Å². The van der Waals surface area contributed by atoms with Gasteiger partial charge in [-0.05, 0) is 62.1 Å². The minimum Gasteiger partial charge on any atom is -0.507 e. The standard InChI is InChI=1S/C24H32N4O3/c1-4-25-24(27-13-16-10-14(2)21(29)15(3)11-16)26-8-5-9-28-22(30)19-17-6-7-18(12-17)20(19)23(28)31/h6-7,10-11,17-20,29H,4-5,8-9,12-13H2,1-3H3,(H2,25,26,27). The molecule has 166 valence electrons. The van der Waals surface area contributed by atoms with Gasteiger partial charge in [-0.25, -0.2) is 4.99 Å². The Morgan fingerprint density at radius 3 is 2.29 bits per heavy atom. The van der Waals surface area contributed by atoms with E-state index in [-0.39, 0.29) is 35.5 Å². The van der Waals surface area contributed by atoms with E-state index in [0.29, 0.717) is 37.8 Å². The number of hydrogen-bond donors (Lipinski definition) is 3. The Balaban J connectivity index is 1.29. The molecule has 3 N–H and O–H groups in total. The van der Waals surface area contributed by atoms with Gasteiger partial charge in [0.2, 0.25) is 11.8 Å². The number of imide groups is 1. The number of amides is 2. The van der Waals surface area contributed by atoms with Crippen LogP contribution < -0.4 is 10.6 Å². The normalized spacial score (nSPS) is 26.7. The Morgan fingerprint density at radius 1 is 1.10 bits per heavy atom. The molecule has 1 aromatic carbocycles. The van der Waals surface area contributed by atoms with E-state index in [1.165, 1.54) is 4.90 Å². The number of carbonyl (C=O) groups excluding carboxylic acids is 2. The molecule has 0 aromatic heterocycles. The van der Waals surface area contributed by atoms with Crippen LogP contribution in [-0.2, 0) is 16.1 Å². The summed E-state index contributed by atoms with van der Waals surface area (Å²) in [6.07, 6.45) is 5.89. The molecule has 1 saturated heterocycles. The van der Waals surface area contributed by atoms with Gasteiger partial charge < -0.3 is 15.7 Å². The number of allylic oxidation sites excluding steroid dienone is 2. The first-order chi connectivity index (χ1) is 14.9. The largest absolute Gasteiger partial charge is 0.507 e. The summed E-state index contributed by atoms with van der Waals surface area (Å²) in [7, 11) is 0. The fraction of sp³-hybridized carbons (Fsp3) is 0.542. The fourth-order valence-electron chi connectivity index (χ4n) is 5.28. The first-order valence-electron chi connectivity index (χ1n) is 11.3. The Morgan fingerprint density at radius 2 is 1.71 bits per heavy atom. The van der Waals surface area contributed by atoms with E-state index in [9.17, 15) is 14.7 Å².